The van der Waals surface area contributed by atoms with Gasteiger partial charge in [0.1, 0.15) is 0 Å². The molecular formula is C17H34IN3O3. The van der Waals surface area contributed by atoms with Crippen LogP contribution in [0, 0.1) is 5.92 Å². The first-order chi connectivity index (χ1) is 11.4. The Morgan fingerprint density at radius 3 is 2.71 bits per heavy atom. The van der Waals surface area contributed by atoms with Crippen molar-refractivity contribution in [3.05, 3.63) is 0 Å². The predicted molar refractivity (Wildman–Crippen MR) is 107 cm³/mol. The molecule has 0 bridgehead atoms. The van der Waals surface area contributed by atoms with Crippen LogP contribution in [0.2, 0.25) is 0 Å². The zero-order chi connectivity index (χ0) is 16.2. The quantitative estimate of drug-likeness (QED) is 0.242. The van der Waals surface area contributed by atoms with Crippen molar-refractivity contribution in [1.82, 2.24) is 10.6 Å². The van der Waals surface area contributed by atoms with Crippen LogP contribution in [0.15, 0.2) is 4.99 Å². The number of rotatable bonds is 9. The maximum atomic E-state index is 5.78. The lowest BCUT2D eigenvalue weighted by Gasteiger charge is -2.21. The highest BCUT2D eigenvalue weighted by atomic mass is 127. The van der Waals surface area contributed by atoms with E-state index in [2.05, 4.69) is 22.5 Å². The van der Waals surface area contributed by atoms with Crippen LogP contribution in [0.3, 0.4) is 0 Å². The molecule has 0 spiro atoms. The summed E-state index contributed by atoms with van der Waals surface area (Å²) in [5.41, 5.74) is 0. The minimum absolute atomic E-state index is 0. The Morgan fingerprint density at radius 1 is 1.17 bits per heavy atom. The first kappa shape index (κ1) is 21.9. The lowest BCUT2D eigenvalue weighted by atomic mass is 10.0. The molecule has 2 N–H and O–H groups in total. The molecule has 2 heterocycles. The van der Waals surface area contributed by atoms with Gasteiger partial charge in [0.15, 0.2) is 5.96 Å². The average molecular weight is 455 g/mol. The number of nitrogens with zero attached hydrogens (tertiary/aromatic N) is 1. The SMILES string of the molecule is CCNC(=NCC1CCCO1)NCCCOCC1CCOCC1.I. The summed E-state index contributed by atoms with van der Waals surface area (Å²) in [5, 5.41) is 6.64. The molecule has 0 amide bonds. The van der Waals surface area contributed by atoms with E-state index in [0.29, 0.717) is 12.0 Å². The van der Waals surface area contributed by atoms with Crippen molar-refractivity contribution < 1.29 is 14.2 Å². The molecule has 2 saturated heterocycles. The number of guanidine groups is 1. The van der Waals surface area contributed by atoms with Crippen molar-refractivity contribution in [3.63, 3.8) is 0 Å². The fourth-order valence-electron chi connectivity index (χ4n) is 2.87. The minimum atomic E-state index is 0. The molecule has 142 valence electrons. The van der Waals surface area contributed by atoms with Crippen LogP contribution in [0.4, 0.5) is 0 Å². The van der Waals surface area contributed by atoms with Gasteiger partial charge in [-0.1, -0.05) is 0 Å². The third-order valence-electron chi connectivity index (χ3n) is 4.27. The van der Waals surface area contributed by atoms with E-state index < -0.39 is 0 Å². The molecule has 0 radical (unpaired) electrons. The first-order valence-corrected chi connectivity index (χ1v) is 9.17. The van der Waals surface area contributed by atoms with Crippen molar-refractivity contribution in [2.75, 3.05) is 52.7 Å². The van der Waals surface area contributed by atoms with E-state index >= 15 is 0 Å². The third kappa shape index (κ3) is 9.39. The van der Waals surface area contributed by atoms with Crippen LogP contribution in [-0.2, 0) is 14.2 Å². The van der Waals surface area contributed by atoms with E-state index in [1.165, 1.54) is 0 Å². The molecule has 24 heavy (non-hydrogen) atoms. The van der Waals surface area contributed by atoms with Crippen LogP contribution in [-0.4, -0.2) is 64.7 Å². The normalized spacial score (nSPS) is 22.2. The van der Waals surface area contributed by atoms with Gasteiger partial charge < -0.3 is 24.8 Å². The standard InChI is InChI=1S/C17H33N3O3.HI/c1-2-18-17(20-13-16-5-3-10-23-16)19-8-4-9-22-14-15-6-11-21-12-7-15;/h15-16H,2-14H2,1H3,(H2,18,19,20);1H. The van der Waals surface area contributed by atoms with Gasteiger partial charge in [-0.05, 0) is 44.9 Å². The number of hydrogen-bond acceptors (Lipinski definition) is 4. The van der Waals surface area contributed by atoms with Crippen molar-refractivity contribution in [1.29, 1.82) is 0 Å². The topological polar surface area (TPSA) is 64.1 Å². The predicted octanol–water partition coefficient (Wildman–Crippen LogP) is 2.17. The summed E-state index contributed by atoms with van der Waals surface area (Å²) in [5.74, 6) is 1.56. The maximum absolute atomic E-state index is 5.78. The molecular weight excluding hydrogens is 421 g/mol. The Labute approximate surface area is 163 Å². The van der Waals surface area contributed by atoms with E-state index in [1.807, 2.05) is 0 Å². The second-order valence-electron chi connectivity index (χ2n) is 6.27. The molecule has 2 aliphatic rings. The summed E-state index contributed by atoms with van der Waals surface area (Å²) >= 11 is 0. The molecule has 0 aromatic rings. The smallest absolute Gasteiger partial charge is 0.191 e. The Bertz CT molecular complexity index is 333. The molecule has 2 fully saturated rings. The van der Waals surface area contributed by atoms with Gasteiger partial charge in [0.2, 0.25) is 0 Å². The van der Waals surface area contributed by atoms with E-state index in [9.17, 15) is 0 Å². The van der Waals surface area contributed by atoms with Gasteiger partial charge in [0.05, 0.1) is 12.6 Å². The van der Waals surface area contributed by atoms with Crippen LogP contribution in [0.5, 0.6) is 0 Å². The summed E-state index contributed by atoms with van der Waals surface area (Å²) in [6.45, 7) is 8.92. The van der Waals surface area contributed by atoms with Gasteiger partial charge in [-0.25, -0.2) is 0 Å². The lowest BCUT2D eigenvalue weighted by molar-refractivity contribution is 0.0203. The lowest BCUT2D eigenvalue weighted by Crippen LogP contribution is -2.38. The monoisotopic (exact) mass is 455 g/mol. The molecule has 2 rings (SSSR count). The van der Waals surface area contributed by atoms with Gasteiger partial charge in [0, 0.05) is 46.1 Å². The highest BCUT2D eigenvalue weighted by molar-refractivity contribution is 14.0. The number of halogens is 1. The number of nitrogens with one attached hydrogen (secondary N) is 2. The van der Waals surface area contributed by atoms with Crippen molar-refractivity contribution in [3.8, 4) is 0 Å². The summed E-state index contributed by atoms with van der Waals surface area (Å²) < 4.78 is 16.7. The van der Waals surface area contributed by atoms with E-state index in [4.69, 9.17) is 14.2 Å². The first-order valence-electron chi connectivity index (χ1n) is 9.17. The average Bonchev–Trinajstić information content (AvgIpc) is 3.10. The number of aliphatic imine (C=N–C) groups is 1. The molecule has 0 saturated carbocycles. The van der Waals surface area contributed by atoms with E-state index in [1.54, 1.807) is 0 Å². The van der Waals surface area contributed by atoms with Gasteiger partial charge in [-0.15, -0.1) is 24.0 Å². The highest BCUT2D eigenvalue weighted by Crippen LogP contribution is 2.14. The summed E-state index contributed by atoms with van der Waals surface area (Å²) in [4.78, 5) is 4.60. The molecule has 6 nitrogen and oxygen atoms in total. The molecule has 0 aromatic carbocycles. The molecule has 7 heteroatoms. The summed E-state index contributed by atoms with van der Waals surface area (Å²) in [7, 11) is 0. The van der Waals surface area contributed by atoms with Gasteiger partial charge in [-0.3, -0.25) is 4.99 Å². The zero-order valence-electron chi connectivity index (χ0n) is 14.9. The summed E-state index contributed by atoms with van der Waals surface area (Å²) in [6, 6.07) is 0. The van der Waals surface area contributed by atoms with Gasteiger partial charge >= 0.3 is 0 Å². The van der Waals surface area contributed by atoms with Gasteiger partial charge in [0.25, 0.3) is 0 Å². The number of ether oxygens (including phenoxy) is 3. The Morgan fingerprint density at radius 2 is 2.00 bits per heavy atom. The fourth-order valence-corrected chi connectivity index (χ4v) is 2.87. The molecule has 0 aromatic heterocycles. The second-order valence-corrected chi connectivity index (χ2v) is 6.27. The van der Waals surface area contributed by atoms with Crippen LogP contribution < -0.4 is 10.6 Å². The number of hydrogen-bond donors (Lipinski definition) is 2. The van der Waals surface area contributed by atoms with E-state index in [0.717, 1.165) is 90.7 Å². The van der Waals surface area contributed by atoms with Crippen LogP contribution in [0.25, 0.3) is 0 Å². The van der Waals surface area contributed by atoms with Crippen molar-refractivity contribution in [2.24, 2.45) is 10.9 Å². The largest absolute Gasteiger partial charge is 0.381 e. The van der Waals surface area contributed by atoms with Crippen molar-refractivity contribution >= 4 is 29.9 Å². The van der Waals surface area contributed by atoms with Gasteiger partial charge in [-0.2, -0.15) is 0 Å². The molecule has 2 aliphatic heterocycles. The Balaban J connectivity index is 0.00000288. The minimum Gasteiger partial charge on any atom is -0.381 e. The molecule has 1 atom stereocenters. The highest BCUT2D eigenvalue weighted by Gasteiger charge is 2.15. The van der Waals surface area contributed by atoms with E-state index in [-0.39, 0.29) is 24.0 Å². The van der Waals surface area contributed by atoms with Crippen LogP contribution in [0.1, 0.15) is 39.0 Å². The van der Waals surface area contributed by atoms with Crippen LogP contribution >= 0.6 is 24.0 Å². The Kier molecular flexibility index (Phi) is 12.9. The Hall–Kier alpha value is -0.120. The molecule has 0 aliphatic carbocycles. The molecule has 1 unspecified atom stereocenters. The zero-order valence-corrected chi connectivity index (χ0v) is 17.3. The van der Waals surface area contributed by atoms with Crippen molar-refractivity contribution in [2.45, 2.75) is 45.1 Å². The fraction of sp³-hybridized carbons (Fsp3) is 0.941. The maximum Gasteiger partial charge on any atom is 0.191 e. The second kappa shape index (κ2) is 14.1. The third-order valence-corrected chi connectivity index (χ3v) is 4.27. The summed E-state index contributed by atoms with van der Waals surface area (Å²) in [6.07, 6.45) is 5.86.